The maximum absolute atomic E-state index is 12.9. The van der Waals surface area contributed by atoms with E-state index in [2.05, 4.69) is 0 Å². The standard InChI is InChI=1S/C7H10F2O2/c1-6(2-3-6)7(8,9)4-5(10)11/h2-4H2,1H3,(H,10,11). The number of carbonyl (C=O) groups is 1. The fraction of sp³-hybridized carbons (Fsp3) is 0.857. The predicted octanol–water partition coefficient (Wildman–Crippen LogP) is 1.90. The largest absolute Gasteiger partial charge is 0.481 e. The van der Waals surface area contributed by atoms with Gasteiger partial charge < -0.3 is 5.11 Å². The Labute approximate surface area is 63.2 Å². The maximum Gasteiger partial charge on any atom is 0.309 e. The highest BCUT2D eigenvalue weighted by molar-refractivity contribution is 5.68. The summed E-state index contributed by atoms with van der Waals surface area (Å²) in [6, 6.07) is 0. The molecule has 1 N–H and O–H groups in total. The van der Waals surface area contributed by atoms with Crippen molar-refractivity contribution >= 4 is 5.97 Å². The van der Waals surface area contributed by atoms with Crippen LogP contribution in [-0.2, 0) is 4.79 Å². The molecule has 0 saturated heterocycles. The van der Waals surface area contributed by atoms with Gasteiger partial charge in [-0.2, -0.15) is 0 Å². The second-order valence-electron chi connectivity index (χ2n) is 3.34. The molecule has 0 heterocycles. The van der Waals surface area contributed by atoms with Crippen molar-refractivity contribution in [2.75, 3.05) is 0 Å². The van der Waals surface area contributed by atoms with E-state index in [0.29, 0.717) is 12.8 Å². The molecule has 11 heavy (non-hydrogen) atoms. The van der Waals surface area contributed by atoms with Gasteiger partial charge in [0.15, 0.2) is 0 Å². The lowest BCUT2D eigenvalue weighted by Crippen LogP contribution is -2.30. The molecule has 1 saturated carbocycles. The molecule has 0 unspecified atom stereocenters. The van der Waals surface area contributed by atoms with E-state index in [1.165, 1.54) is 6.92 Å². The van der Waals surface area contributed by atoms with Crippen LogP contribution in [0.5, 0.6) is 0 Å². The van der Waals surface area contributed by atoms with Gasteiger partial charge >= 0.3 is 5.97 Å². The van der Waals surface area contributed by atoms with E-state index >= 15 is 0 Å². The first kappa shape index (κ1) is 8.43. The third-order valence-corrected chi connectivity index (χ3v) is 2.26. The highest BCUT2D eigenvalue weighted by Crippen LogP contribution is 2.57. The van der Waals surface area contributed by atoms with Crippen molar-refractivity contribution in [3.05, 3.63) is 0 Å². The smallest absolute Gasteiger partial charge is 0.309 e. The maximum atomic E-state index is 12.9. The Morgan fingerprint density at radius 2 is 2.09 bits per heavy atom. The van der Waals surface area contributed by atoms with Crippen LogP contribution in [0, 0.1) is 5.41 Å². The predicted molar refractivity (Wildman–Crippen MR) is 34.5 cm³/mol. The second-order valence-corrected chi connectivity index (χ2v) is 3.34. The van der Waals surface area contributed by atoms with Crippen LogP contribution in [0.15, 0.2) is 0 Å². The van der Waals surface area contributed by atoms with Crippen molar-refractivity contribution in [3.63, 3.8) is 0 Å². The number of hydrogen-bond donors (Lipinski definition) is 1. The zero-order chi connectivity index (χ0) is 8.70. The zero-order valence-corrected chi connectivity index (χ0v) is 6.23. The van der Waals surface area contributed by atoms with Crippen molar-refractivity contribution in [3.8, 4) is 0 Å². The fourth-order valence-electron chi connectivity index (χ4n) is 0.957. The van der Waals surface area contributed by atoms with Crippen molar-refractivity contribution in [1.29, 1.82) is 0 Å². The van der Waals surface area contributed by atoms with Gasteiger partial charge in [-0.1, -0.05) is 6.92 Å². The minimum Gasteiger partial charge on any atom is -0.481 e. The molecule has 0 aromatic rings. The monoisotopic (exact) mass is 164 g/mol. The molecule has 1 aliphatic carbocycles. The van der Waals surface area contributed by atoms with E-state index in [0.717, 1.165) is 0 Å². The zero-order valence-electron chi connectivity index (χ0n) is 6.23. The first-order chi connectivity index (χ1) is 4.87. The molecule has 2 nitrogen and oxygen atoms in total. The lowest BCUT2D eigenvalue weighted by atomic mass is 9.98. The van der Waals surface area contributed by atoms with Crippen LogP contribution < -0.4 is 0 Å². The normalized spacial score (nSPS) is 21.4. The van der Waals surface area contributed by atoms with Gasteiger partial charge in [0.25, 0.3) is 5.92 Å². The summed E-state index contributed by atoms with van der Waals surface area (Å²) in [6.07, 6.45) is -0.163. The summed E-state index contributed by atoms with van der Waals surface area (Å²) in [6.45, 7) is 1.43. The molecule has 1 aliphatic rings. The van der Waals surface area contributed by atoms with Gasteiger partial charge in [-0.05, 0) is 12.8 Å². The Kier molecular flexibility index (Phi) is 1.65. The van der Waals surface area contributed by atoms with Gasteiger partial charge in [0.2, 0.25) is 0 Å². The first-order valence-corrected chi connectivity index (χ1v) is 3.47. The molecule has 64 valence electrons. The van der Waals surface area contributed by atoms with E-state index in [1.807, 2.05) is 0 Å². The van der Waals surface area contributed by atoms with Gasteiger partial charge in [-0.25, -0.2) is 8.78 Å². The summed E-state index contributed by atoms with van der Waals surface area (Å²) >= 11 is 0. The van der Waals surface area contributed by atoms with Crippen molar-refractivity contribution in [1.82, 2.24) is 0 Å². The molecular weight excluding hydrogens is 154 g/mol. The molecule has 4 heteroatoms. The Bertz CT molecular complexity index is 185. The molecule has 0 radical (unpaired) electrons. The number of carboxylic acid groups (broad SMARTS) is 1. The number of rotatable bonds is 3. The van der Waals surface area contributed by atoms with Gasteiger partial charge in [0, 0.05) is 5.41 Å². The van der Waals surface area contributed by atoms with Gasteiger partial charge in [0.05, 0.1) is 0 Å². The summed E-state index contributed by atoms with van der Waals surface area (Å²) in [5.41, 5.74) is -1.04. The third kappa shape index (κ3) is 1.49. The lowest BCUT2D eigenvalue weighted by molar-refractivity contribution is -0.150. The van der Waals surface area contributed by atoms with E-state index in [-0.39, 0.29) is 0 Å². The van der Waals surface area contributed by atoms with Crippen LogP contribution in [0.25, 0.3) is 0 Å². The minimum absolute atomic E-state index is 0.438. The molecule has 1 rings (SSSR count). The van der Waals surface area contributed by atoms with Gasteiger partial charge in [-0.3, -0.25) is 4.79 Å². The van der Waals surface area contributed by atoms with Crippen LogP contribution >= 0.6 is 0 Å². The van der Waals surface area contributed by atoms with Gasteiger partial charge in [-0.15, -0.1) is 0 Å². The third-order valence-electron chi connectivity index (χ3n) is 2.26. The highest BCUT2D eigenvalue weighted by atomic mass is 19.3. The van der Waals surface area contributed by atoms with Crippen LogP contribution in [-0.4, -0.2) is 17.0 Å². The molecule has 0 atom stereocenters. The summed E-state index contributed by atoms with van der Waals surface area (Å²) < 4.78 is 25.7. The second kappa shape index (κ2) is 2.16. The molecule has 0 aromatic heterocycles. The number of aliphatic carboxylic acids is 1. The Balaban J connectivity index is 2.59. The van der Waals surface area contributed by atoms with Crippen molar-refractivity contribution in [2.45, 2.75) is 32.1 Å². The summed E-state index contributed by atoms with van der Waals surface area (Å²) in [5, 5.41) is 8.16. The summed E-state index contributed by atoms with van der Waals surface area (Å²) in [4.78, 5) is 10.0. The van der Waals surface area contributed by atoms with Crippen LogP contribution in [0.1, 0.15) is 26.2 Å². The van der Waals surface area contributed by atoms with E-state index in [9.17, 15) is 13.6 Å². The topological polar surface area (TPSA) is 37.3 Å². The van der Waals surface area contributed by atoms with E-state index < -0.39 is 23.7 Å². The highest BCUT2D eigenvalue weighted by Gasteiger charge is 2.58. The Morgan fingerprint density at radius 3 is 2.36 bits per heavy atom. The molecular formula is C7H10F2O2. The molecule has 1 fully saturated rings. The molecule has 0 aromatic carbocycles. The Hall–Kier alpha value is -0.670. The molecule has 0 spiro atoms. The van der Waals surface area contributed by atoms with E-state index in [1.54, 1.807) is 0 Å². The average Bonchev–Trinajstić information content (AvgIpc) is 2.44. The SMILES string of the molecule is CC1(C(F)(F)CC(=O)O)CC1. The van der Waals surface area contributed by atoms with Gasteiger partial charge in [0.1, 0.15) is 6.42 Å². The molecule has 0 bridgehead atoms. The lowest BCUT2D eigenvalue weighted by Gasteiger charge is -2.20. The van der Waals surface area contributed by atoms with Crippen LogP contribution in [0.4, 0.5) is 8.78 Å². The molecule has 0 aliphatic heterocycles. The van der Waals surface area contributed by atoms with Crippen LogP contribution in [0.3, 0.4) is 0 Å². The summed E-state index contributed by atoms with van der Waals surface area (Å²) in [7, 11) is 0. The fourth-order valence-corrected chi connectivity index (χ4v) is 0.957. The van der Waals surface area contributed by atoms with E-state index in [4.69, 9.17) is 5.11 Å². The average molecular weight is 164 g/mol. The van der Waals surface area contributed by atoms with Crippen molar-refractivity contribution < 1.29 is 18.7 Å². The quantitative estimate of drug-likeness (QED) is 0.691. The number of halogens is 2. The Morgan fingerprint density at radius 1 is 1.64 bits per heavy atom. The van der Waals surface area contributed by atoms with Crippen LogP contribution in [0.2, 0.25) is 0 Å². The first-order valence-electron chi connectivity index (χ1n) is 3.47. The molecule has 0 amide bonds. The number of hydrogen-bond acceptors (Lipinski definition) is 1. The minimum atomic E-state index is -3.03. The summed E-state index contributed by atoms with van der Waals surface area (Å²) in [5.74, 6) is -4.46. The number of alkyl halides is 2. The van der Waals surface area contributed by atoms with Crippen molar-refractivity contribution in [2.24, 2.45) is 5.41 Å². The number of carboxylic acids is 1.